The number of carbonyl (C=O) groups excluding carboxylic acids is 3. The molecule has 2 aromatic carbocycles. The molecule has 3 amide bonds. The zero-order valence-electron chi connectivity index (χ0n) is 19.1. The van der Waals surface area contributed by atoms with Crippen LogP contribution in [0.3, 0.4) is 0 Å². The minimum absolute atomic E-state index is 0.263. The molecule has 2 aromatic rings. The first-order valence-electron chi connectivity index (χ1n) is 10.9. The van der Waals surface area contributed by atoms with E-state index in [9.17, 15) is 14.4 Å². The third kappa shape index (κ3) is 5.73. The van der Waals surface area contributed by atoms with Crippen molar-refractivity contribution >= 4 is 35.2 Å². The summed E-state index contributed by atoms with van der Waals surface area (Å²) in [5, 5.41) is 6.30. The summed E-state index contributed by atoms with van der Waals surface area (Å²) >= 11 is 5.88. The molecule has 1 heterocycles. The van der Waals surface area contributed by atoms with E-state index in [4.69, 9.17) is 16.3 Å². The number of allylic oxidation sites excluding steroid dienone is 1. The van der Waals surface area contributed by atoms with Gasteiger partial charge in [0.1, 0.15) is 0 Å². The van der Waals surface area contributed by atoms with E-state index in [0.717, 1.165) is 6.42 Å². The first kappa shape index (κ1) is 24.3. The van der Waals surface area contributed by atoms with Gasteiger partial charge in [0.15, 0.2) is 0 Å². The van der Waals surface area contributed by atoms with Crippen molar-refractivity contribution in [2.45, 2.75) is 46.3 Å². The number of urea groups is 1. The summed E-state index contributed by atoms with van der Waals surface area (Å²) < 4.78 is 5.47. The highest BCUT2D eigenvalue weighted by atomic mass is 35.5. The Morgan fingerprint density at radius 3 is 2.33 bits per heavy atom. The molecular weight excluding hydrogens is 442 g/mol. The van der Waals surface area contributed by atoms with Gasteiger partial charge in [0.05, 0.1) is 17.7 Å². The van der Waals surface area contributed by atoms with Crippen LogP contribution in [-0.4, -0.2) is 35.5 Å². The van der Waals surface area contributed by atoms with Crippen molar-refractivity contribution in [1.29, 1.82) is 0 Å². The Morgan fingerprint density at radius 2 is 1.76 bits per heavy atom. The third-order valence-corrected chi connectivity index (χ3v) is 5.47. The van der Waals surface area contributed by atoms with E-state index in [1.807, 2.05) is 6.92 Å². The van der Waals surface area contributed by atoms with E-state index in [0.29, 0.717) is 39.7 Å². The van der Waals surface area contributed by atoms with Gasteiger partial charge in [-0.1, -0.05) is 30.7 Å². The fourth-order valence-corrected chi connectivity index (χ4v) is 3.76. The Bertz CT molecular complexity index is 1060. The molecule has 33 heavy (non-hydrogen) atoms. The molecule has 0 radical (unpaired) electrons. The van der Waals surface area contributed by atoms with Crippen LogP contribution in [0.25, 0.3) is 0 Å². The number of nitrogens with zero attached hydrogens (tertiary/aromatic N) is 1. The molecule has 174 valence electrons. The summed E-state index contributed by atoms with van der Waals surface area (Å²) in [6, 6.07) is 12.7. The SMILES string of the molecule is CCCN1C(=O)NC(c2ccc(NC(=O)c3ccc(Cl)cc3)cc2)C(C(=O)OC(C)C)=C1C. The number of anilines is 1. The van der Waals surface area contributed by atoms with Crippen LogP contribution in [0.5, 0.6) is 0 Å². The van der Waals surface area contributed by atoms with Gasteiger partial charge in [0, 0.05) is 28.5 Å². The predicted molar refractivity (Wildman–Crippen MR) is 128 cm³/mol. The summed E-state index contributed by atoms with van der Waals surface area (Å²) in [5.74, 6) is -0.730. The van der Waals surface area contributed by atoms with E-state index in [2.05, 4.69) is 10.6 Å². The van der Waals surface area contributed by atoms with E-state index >= 15 is 0 Å². The molecule has 2 N–H and O–H groups in total. The van der Waals surface area contributed by atoms with Gasteiger partial charge in [-0.3, -0.25) is 9.69 Å². The summed E-state index contributed by atoms with van der Waals surface area (Å²) in [4.78, 5) is 39.7. The van der Waals surface area contributed by atoms with Crippen LogP contribution >= 0.6 is 11.6 Å². The van der Waals surface area contributed by atoms with Gasteiger partial charge < -0.3 is 15.4 Å². The minimum Gasteiger partial charge on any atom is -0.459 e. The lowest BCUT2D eigenvalue weighted by molar-refractivity contribution is -0.143. The maximum absolute atomic E-state index is 12.9. The van der Waals surface area contributed by atoms with Crippen LogP contribution in [0.15, 0.2) is 59.8 Å². The van der Waals surface area contributed by atoms with Gasteiger partial charge in [0.25, 0.3) is 5.91 Å². The van der Waals surface area contributed by atoms with Crippen molar-refractivity contribution < 1.29 is 19.1 Å². The molecule has 7 nitrogen and oxygen atoms in total. The highest BCUT2D eigenvalue weighted by Crippen LogP contribution is 2.32. The van der Waals surface area contributed by atoms with Crippen molar-refractivity contribution in [3.05, 3.63) is 76.0 Å². The smallest absolute Gasteiger partial charge is 0.338 e. The maximum atomic E-state index is 12.9. The second kappa shape index (κ2) is 10.5. The molecule has 8 heteroatoms. The zero-order valence-corrected chi connectivity index (χ0v) is 19.9. The Balaban J connectivity index is 1.86. The Labute approximate surface area is 198 Å². The Kier molecular flexibility index (Phi) is 7.76. The van der Waals surface area contributed by atoms with Gasteiger partial charge in [-0.2, -0.15) is 0 Å². The molecule has 1 unspecified atom stereocenters. The first-order chi connectivity index (χ1) is 15.7. The molecule has 0 saturated carbocycles. The quantitative estimate of drug-likeness (QED) is 0.539. The zero-order chi connectivity index (χ0) is 24.1. The first-order valence-corrected chi connectivity index (χ1v) is 11.3. The molecule has 1 atom stereocenters. The monoisotopic (exact) mass is 469 g/mol. The van der Waals surface area contributed by atoms with Crippen molar-refractivity contribution in [2.24, 2.45) is 0 Å². The van der Waals surface area contributed by atoms with Gasteiger partial charge in [-0.15, -0.1) is 0 Å². The number of hydrogen-bond acceptors (Lipinski definition) is 4. The lowest BCUT2D eigenvalue weighted by atomic mass is 9.94. The molecular formula is C25H28ClN3O4. The lowest BCUT2D eigenvalue weighted by Gasteiger charge is -2.35. The average Bonchev–Trinajstić information content (AvgIpc) is 2.76. The minimum atomic E-state index is -0.655. The van der Waals surface area contributed by atoms with Gasteiger partial charge in [-0.25, -0.2) is 9.59 Å². The number of rotatable bonds is 7. The highest BCUT2D eigenvalue weighted by Gasteiger charge is 2.36. The molecule has 0 saturated heterocycles. The number of hydrogen-bond donors (Lipinski definition) is 2. The predicted octanol–water partition coefficient (Wildman–Crippen LogP) is 5.29. The Hall–Kier alpha value is -3.32. The summed E-state index contributed by atoms with van der Waals surface area (Å²) in [6.07, 6.45) is 0.463. The van der Waals surface area contributed by atoms with Crippen molar-refractivity contribution in [3.63, 3.8) is 0 Å². The number of ether oxygens (including phenoxy) is 1. The largest absolute Gasteiger partial charge is 0.459 e. The second-order valence-corrected chi connectivity index (χ2v) is 8.51. The van der Waals surface area contributed by atoms with Crippen LogP contribution in [0.1, 0.15) is 56.1 Å². The Morgan fingerprint density at radius 1 is 1.12 bits per heavy atom. The van der Waals surface area contributed by atoms with E-state index in [-0.39, 0.29) is 18.0 Å². The standard InChI is InChI=1S/C25H28ClN3O4/c1-5-14-29-16(4)21(24(31)33-15(2)3)22(28-25(29)32)17-8-12-20(13-9-17)27-23(30)18-6-10-19(26)11-7-18/h6-13,15,22H,5,14H2,1-4H3,(H,27,30)(H,28,32). The number of nitrogens with one attached hydrogen (secondary N) is 2. The fraction of sp³-hybridized carbons (Fsp3) is 0.320. The van der Waals surface area contributed by atoms with Crippen molar-refractivity contribution in [1.82, 2.24) is 10.2 Å². The molecule has 0 bridgehead atoms. The molecule has 1 aliphatic rings. The summed E-state index contributed by atoms with van der Waals surface area (Å²) in [5.41, 5.74) is 2.75. The number of carbonyl (C=O) groups is 3. The van der Waals surface area contributed by atoms with Crippen LogP contribution in [0, 0.1) is 0 Å². The number of halogens is 1. The summed E-state index contributed by atoms with van der Waals surface area (Å²) in [6.45, 7) is 7.80. The third-order valence-electron chi connectivity index (χ3n) is 5.21. The molecule has 0 spiro atoms. The van der Waals surface area contributed by atoms with E-state index in [1.54, 1.807) is 74.2 Å². The van der Waals surface area contributed by atoms with Crippen LogP contribution in [0.4, 0.5) is 10.5 Å². The topological polar surface area (TPSA) is 87.7 Å². The van der Waals surface area contributed by atoms with Crippen molar-refractivity contribution in [3.8, 4) is 0 Å². The number of benzene rings is 2. The molecule has 0 aliphatic carbocycles. The van der Waals surface area contributed by atoms with Gasteiger partial charge in [0.2, 0.25) is 0 Å². The maximum Gasteiger partial charge on any atom is 0.338 e. The van der Waals surface area contributed by atoms with Gasteiger partial charge in [-0.05, 0) is 69.2 Å². The normalized spacial score (nSPS) is 16.0. The molecule has 3 rings (SSSR count). The van der Waals surface area contributed by atoms with Crippen LogP contribution in [-0.2, 0) is 9.53 Å². The van der Waals surface area contributed by atoms with E-state index < -0.39 is 12.0 Å². The van der Waals surface area contributed by atoms with Crippen LogP contribution < -0.4 is 10.6 Å². The number of esters is 1. The fourth-order valence-electron chi connectivity index (χ4n) is 3.63. The van der Waals surface area contributed by atoms with Crippen molar-refractivity contribution in [2.75, 3.05) is 11.9 Å². The average molecular weight is 470 g/mol. The van der Waals surface area contributed by atoms with E-state index in [1.165, 1.54) is 0 Å². The highest BCUT2D eigenvalue weighted by molar-refractivity contribution is 6.30. The number of amides is 3. The second-order valence-electron chi connectivity index (χ2n) is 8.07. The lowest BCUT2D eigenvalue weighted by Crippen LogP contribution is -2.48. The van der Waals surface area contributed by atoms with Gasteiger partial charge >= 0.3 is 12.0 Å². The molecule has 0 fully saturated rings. The van der Waals surface area contributed by atoms with Crippen LogP contribution in [0.2, 0.25) is 5.02 Å². The molecule has 0 aromatic heterocycles. The molecule has 1 aliphatic heterocycles. The summed E-state index contributed by atoms with van der Waals surface area (Å²) in [7, 11) is 0.